The lowest BCUT2D eigenvalue weighted by Crippen LogP contribution is -2.40. The Balaban J connectivity index is 2.02. The molecule has 0 radical (unpaired) electrons. The number of anilines is 2. The van der Waals surface area contributed by atoms with E-state index in [-0.39, 0.29) is 22.9 Å². The average Bonchev–Trinajstić information content (AvgIpc) is 3.20. The molecule has 1 saturated heterocycles. The number of hydrogen-bond acceptors (Lipinski definition) is 8. The number of nitrogens with zero attached hydrogens (tertiary/aromatic N) is 2. The van der Waals surface area contributed by atoms with Crippen molar-refractivity contribution in [3.63, 3.8) is 0 Å². The van der Waals surface area contributed by atoms with E-state index in [1.54, 1.807) is 13.0 Å². The molecule has 1 aromatic carbocycles. The number of carboxylic acid groups (broad SMARTS) is 1. The van der Waals surface area contributed by atoms with E-state index in [4.69, 9.17) is 16.3 Å². The summed E-state index contributed by atoms with van der Waals surface area (Å²) in [5, 5.41) is 9.32. The molecule has 154 valence electrons. The van der Waals surface area contributed by atoms with Gasteiger partial charge in [-0.1, -0.05) is 0 Å². The van der Waals surface area contributed by atoms with Gasteiger partial charge in [0, 0.05) is 12.1 Å². The summed E-state index contributed by atoms with van der Waals surface area (Å²) in [5.41, 5.74) is 7.86. The second kappa shape index (κ2) is 8.19. The van der Waals surface area contributed by atoms with Crippen LogP contribution < -0.4 is 27.3 Å². The van der Waals surface area contributed by atoms with Gasteiger partial charge in [0.1, 0.15) is 23.3 Å². The minimum Gasteiger partial charge on any atom is -0.493 e. The molecule has 0 spiro atoms. The molecule has 2 aromatic rings. The number of aromatic nitrogens is 2. The van der Waals surface area contributed by atoms with Gasteiger partial charge in [-0.2, -0.15) is 0 Å². The van der Waals surface area contributed by atoms with E-state index in [0.29, 0.717) is 37.3 Å². The zero-order chi connectivity index (χ0) is 21.1. The van der Waals surface area contributed by atoms with E-state index in [9.17, 15) is 19.5 Å². The maximum absolute atomic E-state index is 12.9. The molecule has 1 atom stereocenters. The van der Waals surface area contributed by atoms with Crippen molar-refractivity contribution in [2.24, 2.45) is 5.84 Å². The number of likely N-dealkylation sites (tertiary alicyclic amines) is 1. The summed E-state index contributed by atoms with van der Waals surface area (Å²) in [6.07, 6.45) is 1.05. The predicted molar refractivity (Wildman–Crippen MR) is 105 cm³/mol. The van der Waals surface area contributed by atoms with Gasteiger partial charge < -0.3 is 30.9 Å². The van der Waals surface area contributed by atoms with Gasteiger partial charge in [-0.25, -0.2) is 15.6 Å². The maximum Gasteiger partial charge on any atom is 0.326 e. The van der Waals surface area contributed by atoms with Crippen LogP contribution in [0.1, 0.15) is 30.1 Å². The zero-order valence-corrected chi connectivity index (χ0v) is 15.8. The minimum absolute atomic E-state index is 0.00715. The van der Waals surface area contributed by atoms with Crippen LogP contribution in [0.15, 0.2) is 23.0 Å². The van der Waals surface area contributed by atoms with Crippen LogP contribution in [0, 0.1) is 0 Å². The van der Waals surface area contributed by atoms with E-state index in [0.717, 1.165) is 0 Å². The Morgan fingerprint density at radius 1 is 1.45 bits per heavy atom. The number of rotatable bonds is 6. The van der Waals surface area contributed by atoms with Crippen molar-refractivity contribution in [1.82, 2.24) is 14.9 Å². The van der Waals surface area contributed by atoms with Crippen molar-refractivity contribution in [1.29, 1.82) is 0 Å². The van der Waals surface area contributed by atoms with Crippen LogP contribution in [-0.2, 0) is 4.79 Å². The van der Waals surface area contributed by atoms with Crippen LogP contribution in [-0.4, -0.2) is 51.0 Å². The summed E-state index contributed by atoms with van der Waals surface area (Å²) in [6.45, 7) is 2.44. The predicted octanol–water partition coefficient (Wildman–Crippen LogP) is 0.393. The average molecular weight is 402 g/mol. The van der Waals surface area contributed by atoms with E-state index in [1.165, 1.54) is 17.0 Å². The number of nitrogens with two attached hydrogens (primary N) is 2. The first-order chi connectivity index (χ1) is 13.9. The number of ether oxygens (including phenoxy) is 1. The summed E-state index contributed by atoms with van der Waals surface area (Å²) < 4.78 is 5.63. The Kier molecular flexibility index (Phi) is 5.69. The normalized spacial score (nSPS) is 15.9. The highest BCUT2D eigenvalue weighted by Gasteiger charge is 2.34. The molecule has 2 heterocycles. The number of nitrogens with one attached hydrogen (secondary N) is 2. The molecule has 1 fully saturated rings. The van der Waals surface area contributed by atoms with Gasteiger partial charge >= 0.3 is 5.97 Å². The van der Waals surface area contributed by atoms with E-state index in [2.05, 4.69) is 15.4 Å². The number of hydrogen-bond donors (Lipinski definition) is 5. The van der Waals surface area contributed by atoms with Crippen LogP contribution in [0.5, 0.6) is 5.75 Å². The second-order valence-electron chi connectivity index (χ2n) is 6.46. The van der Waals surface area contributed by atoms with Crippen molar-refractivity contribution in [2.75, 3.05) is 24.3 Å². The molecule has 1 aliphatic heterocycles. The first kappa shape index (κ1) is 20.1. The second-order valence-corrected chi connectivity index (χ2v) is 6.46. The Labute approximate surface area is 165 Å². The quantitative estimate of drug-likeness (QED) is 0.338. The third-order valence-electron chi connectivity index (χ3n) is 4.67. The van der Waals surface area contributed by atoms with E-state index in [1.807, 2.05) is 0 Å². The topological polar surface area (TPSA) is 177 Å². The molecule has 1 aliphatic rings. The van der Waals surface area contributed by atoms with E-state index < -0.39 is 23.5 Å². The maximum atomic E-state index is 12.9. The van der Waals surface area contributed by atoms with Gasteiger partial charge in [-0.3, -0.25) is 9.59 Å². The van der Waals surface area contributed by atoms with Crippen molar-refractivity contribution in [3.05, 3.63) is 34.1 Å². The number of aromatic amines is 1. The Hall–Kier alpha value is -3.60. The first-order valence-corrected chi connectivity index (χ1v) is 9.04. The molecule has 7 N–H and O–H groups in total. The highest BCUT2D eigenvalue weighted by Crippen LogP contribution is 2.31. The van der Waals surface area contributed by atoms with Crippen molar-refractivity contribution in [3.8, 4) is 17.1 Å². The van der Waals surface area contributed by atoms with Gasteiger partial charge in [0.2, 0.25) is 0 Å². The highest BCUT2D eigenvalue weighted by molar-refractivity contribution is 5.98. The van der Waals surface area contributed by atoms with Gasteiger partial charge in [0.25, 0.3) is 11.5 Å². The van der Waals surface area contributed by atoms with Crippen molar-refractivity contribution in [2.45, 2.75) is 25.8 Å². The molecule has 3 rings (SSSR count). The summed E-state index contributed by atoms with van der Waals surface area (Å²) in [6, 6.07) is 3.76. The smallest absolute Gasteiger partial charge is 0.326 e. The number of hydrazine groups is 1. The number of aliphatic carboxylic acids is 1. The Morgan fingerprint density at radius 3 is 2.86 bits per heavy atom. The standard InChI is InChI=1S/C18H22N6O5/c1-2-29-12-8-9(17(26)24-7-3-4-11(24)18(27)28)5-6-10(12)14-21-15(23-20)13(19)16(25)22-14/h5-6,8,11H,2-4,7,19-20H2,1H3,(H,27,28)(H2,21,22,23,25). The minimum atomic E-state index is -1.03. The number of nitrogen functional groups attached to an aromatic ring is 2. The lowest BCUT2D eigenvalue weighted by molar-refractivity contribution is -0.141. The largest absolute Gasteiger partial charge is 0.493 e. The first-order valence-electron chi connectivity index (χ1n) is 9.04. The summed E-state index contributed by atoms with van der Waals surface area (Å²) >= 11 is 0. The molecule has 1 aromatic heterocycles. The van der Waals surface area contributed by atoms with Gasteiger partial charge in [-0.05, 0) is 38.0 Å². The molecule has 29 heavy (non-hydrogen) atoms. The summed E-state index contributed by atoms with van der Waals surface area (Å²) in [7, 11) is 0. The van der Waals surface area contributed by atoms with Crippen LogP contribution in [0.25, 0.3) is 11.4 Å². The fourth-order valence-corrected chi connectivity index (χ4v) is 3.28. The highest BCUT2D eigenvalue weighted by atomic mass is 16.5. The van der Waals surface area contributed by atoms with Crippen molar-refractivity contribution < 1.29 is 19.4 Å². The molecule has 0 saturated carbocycles. The Bertz CT molecular complexity index is 1000. The lowest BCUT2D eigenvalue weighted by atomic mass is 10.1. The monoisotopic (exact) mass is 402 g/mol. The molecule has 1 unspecified atom stereocenters. The molecule has 0 aliphatic carbocycles. The zero-order valence-electron chi connectivity index (χ0n) is 15.8. The summed E-state index contributed by atoms with van der Waals surface area (Å²) in [5.74, 6) is 4.41. The fourth-order valence-electron chi connectivity index (χ4n) is 3.28. The van der Waals surface area contributed by atoms with Gasteiger partial charge in [-0.15, -0.1) is 0 Å². The molecule has 11 heteroatoms. The number of carbonyl (C=O) groups is 2. The number of amides is 1. The number of carbonyl (C=O) groups excluding carboxylic acids is 1. The van der Waals surface area contributed by atoms with Crippen LogP contribution in [0.4, 0.5) is 11.5 Å². The van der Waals surface area contributed by atoms with Gasteiger partial charge in [0.05, 0.1) is 12.2 Å². The third kappa shape index (κ3) is 3.85. The number of H-pyrrole nitrogens is 1. The molecule has 11 nitrogen and oxygen atoms in total. The van der Waals surface area contributed by atoms with Crippen LogP contribution in [0.2, 0.25) is 0 Å². The third-order valence-corrected chi connectivity index (χ3v) is 4.67. The number of carboxylic acids is 1. The van der Waals surface area contributed by atoms with E-state index >= 15 is 0 Å². The Morgan fingerprint density at radius 2 is 2.21 bits per heavy atom. The molecular weight excluding hydrogens is 380 g/mol. The summed E-state index contributed by atoms with van der Waals surface area (Å²) in [4.78, 5) is 44.4. The fraction of sp³-hybridized carbons (Fsp3) is 0.333. The van der Waals surface area contributed by atoms with Crippen molar-refractivity contribution >= 4 is 23.4 Å². The molecule has 0 bridgehead atoms. The van der Waals surface area contributed by atoms with Gasteiger partial charge in [0.15, 0.2) is 5.82 Å². The van der Waals surface area contributed by atoms with Crippen LogP contribution in [0.3, 0.4) is 0 Å². The molecule has 1 amide bonds. The number of benzene rings is 1. The SMILES string of the molecule is CCOc1cc(C(=O)N2CCCC2C(=O)O)ccc1-c1nc(NN)c(N)c(=O)[nH]1. The van der Waals surface area contributed by atoms with Crippen LogP contribution >= 0.6 is 0 Å². The lowest BCUT2D eigenvalue weighted by Gasteiger charge is -2.22. The molecular formula is C18H22N6O5.